The molecule has 0 aliphatic rings. The number of aromatic hydroxyl groups is 1. The van der Waals surface area contributed by atoms with Crippen LogP contribution in [0.3, 0.4) is 0 Å². The zero-order chi connectivity index (χ0) is 26.4. The largest absolute Gasteiger partial charge is 0.506 e. The molecule has 0 aliphatic heterocycles. The Kier molecular flexibility index (Phi) is 8.17. The van der Waals surface area contributed by atoms with Crippen LogP contribution in [0, 0.1) is 0 Å². The van der Waals surface area contributed by atoms with Crippen LogP contribution in [-0.4, -0.2) is 40.3 Å². The Hall–Kier alpha value is -4.21. The van der Waals surface area contributed by atoms with Crippen LogP contribution in [0.4, 0.5) is 0 Å². The summed E-state index contributed by atoms with van der Waals surface area (Å²) in [6, 6.07) is 16.0. The predicted molar refractivity (Wildman–Crippen MR) is 137 cm³/mol. The summed E-state index contributed by atoms with van der Waals surface area (Å²) in [5.41, 5.74) is 1.15. The minimum absolute atomic E-state index is 0.0277. The van der Waals surface area contributed by atoms with Gasteiger partial charge in [0.05, 0.1) is 27.9 Å². The minimum Gasteiger partial charge on any atom is -0.506 e. The Bertz CT molecular complexity index is 1430. The third-order valence-electron chi connectivity index (χ3n) is 5.73. The lowest BCUT2D eigenvalue weighted by atomic mass is 9.98. The van der Waals surface area contributed by atoms with Gasteiger partial charge in [0.25, 0.3) is 0 Å². The van der Waals surface area contributed by atoms with E-state index in [0.29, 0.717) is 28.4 Å². The van der Waals surface area contributed by atoms with Gasteiger partial charge in [-0.1, -0.05) is 30.3 Å². The second-order valence-electron chi connectivity index (χ2n) is 8.01. The maximum atomic E-state index is 13.2. The van der Waals surface area contributed by atoms with E-state index in [1.165, 1.54) is 34.5 Å². The van der Waals surface area contributed by atoms with Gasteiger partial charge in [0.15, 0.2) is 11.5 Å². The highest BCUT2D eigenvalue weighted by Crippen LogP contribution is 2.44. The number of hydrogen-bond donors (Lipinski definition) is 1. The van der Waals surface area contributed by atoms with Gasteiger partial charge in [-0.3, -0.25) is 0 Å². The van der Waals surface area contributed by atoms with Gasteiger partial charge < -0.3 is 37.9 Å². The van der Waals surface area contributed by atoms with Crippen molar-refractivity contribution in [3.63, 3.8) is 0 Å². The maximum absolute atomic E-state index is 13.2. The van der Waals surface area contributed by atoms with Crippen LogP contribution in [-0.2, 0) is 22.7 Å². The van der Waals surface area contributed by atoms with E-state index >= 15 is 0 Å². The van der Waals surface area contributed by atoms with Crippen LogP contribution in [0.2, 0.25) is 0 Å². The Morgan fingerprint density at radius 3 is 2.27 bits per heavy atom. The van der Waals surface area contributed by atoms with Gasteiger partial charge in [0.2, 0.25) is 0 Å². The van der Waals surface area contributed by atoms with Crippen LogP contribution in [0.5, 0.6) is 28.7 Å². The first-order chi connectivity index (χ1) is 18.0. The normalized spacial score (nSPS) is 10.9. The van der Waals surface area contributed by atoms with E-state index in [-0.39, 0.29) is 48.0 Å². The Morgan fingerprint density at radius 2 is 1.59 bits per heavy atom. The highest BCUT2D eigenvalue weighted by atomic mass is 16.7. The fourth-order valence-electron chi connectivity index (χ4n) is 3.97. The number of rotatable bonds is 11. The monoisotopic (exact) mass is 508 g/mol. The number of ether oxygens (including phenoxy) is 6. The molecule has 1 heterocycles. The molecular weight excluding hydrogens is 480 g/mol. The zero-order valence-corrected chi connectivity index (χ0v) is 21.0. The van der Waals surface area contributed by atoms with E-state index in [4.69, 9.17) is 32.8 Å². The van der Waals surface area contributed by atoms with Crippen molar-refractivity contribution in [2.75, 3.05) is 35.2 Å². The maximum Gasteiger partial charge on any atom is 0.348 e. The topological polar surface area (TPSA) is 106 Å². The van der Waals surface area contributed by atoms with Crippen molar-refractivity contribution < 1.29 is 37.9 Å². The molecule has 0 atom stereocenters. The molecule has 37 heavy (non-hydrogen) atoms. The Morgan fingerprint density at radius 1 is 0.838 bits per heavy atom. The summed E-state index contributed by atoms with van der Waals surface area (Å²) in [6.45, 7) is 0.358. The molecule has 1 aromatic heterocycles. The van der Waals surface area contributed by atoms with Crippen LogP contribution in [0.1, 0.15) is 11.1 Å². The SMILES string of the molecule is COCOCc1cc(OC)c(OCc2ccccc2)cc1-c1c(O)c2c(OC)cc(OC)cc2oc1=O. The molecule has 0 spiro atoms. The van der Waals surface area contributed by atoms with E-state index < -0.39 is 5.63 Å². The molecule has 0 unspecified atom stereocenters. The lowest BCUT2D eigenvalue weighted by Crippen LogP contribution is -2.08. The number of hydrogen-bond acceptors (Lipinski definition) is 9. The number of methoxy groups -OCH3 is 4. The van der Waals surface area contributed by atoms with Crippen molar-refractivity contribution in [3.05, 3.63) is 76.1 Å². The quantitative estimate of drug-likeness (QED) is 0.172. The second kappa shape index (κ2) is 11.7. The smallest absolute Gasteiger partial charge is 0.348 e. The molecule has 0 aliphatic carbocycles. The first kappa shape index (κ1) is 25.9. The molecule has 0 saturated carbocycles. The van der Waals surface area contributed by atoms with E-state index in [0.717, 1.165) is 5.56 Å². The summed E-state index contributed by atoms with van der Waals surface area (Å²) in [7, 11) is 5.95. The molecule has 0 fully saturated rings. The van der Waals surface area contributed by atoms with Crippen molar-refractivity contribution in [2.45, 2.75) is 13.2 Å². The third kappa shape index (κ3) is 5.47. The van der Waals surface area contributed by atoms with Crippen LogP contribution in [0.15, 0.2) is 63.8 Å². The molecule has 1 N–H and O–H groups in total. The van der Waals surface area contributed by atoms with E-state index in [1.807, 2.05) is 30.3 Å². The van der Waals surface area contributed by atoms with Gasteiger partial charge in [-0.05, 0) is 23.3 Å². The predicted octanol–water partition coefficient (Wildman–Crippen LogP) is 4.89. The van der Waals surface area contributed by atoms with E-state index in [2.05, 4.69) is 0 Å². The third-order valence-corrected chi connectivity index (χ3v) is 5.73. The van der Waals surface area contributed by atoms with Crippen molar-refractivity contribution in [1.29, 1.82) is 0 Å². The second-order valence-corrected chi connectivity index (χ2v) is 8.01. The summed E-state index contributed by atoms with van der Waals surface area (Å²) in [4.78, 5) is 13.2. The summed E-state index contributed by atoms with van der Waals surface area (Å²) in [5, 5.41) is 11.6. The average molecular weight is 509 g/mol. The van der Waals surface area contributed by atoms with Gasteiger partial charge in [0.1, 0.15) is 47.2 Å². The van der Waals surface area contributed by atoms with Crippen molar-refractivity contribution in [3.8, 4) is 39.9 Å². The molecule has 9 heteroatoms. The molecule has 4 aromatic rings. The van der Waals surface area contributed by atoms with Gasteiger partial charge in [-0.2, -0.15) is 0 Å². The lowest BCUT2D eigenvalue weighted by molar-refractivity contribution is -0.0389. The fourth-order valence-corrected chi connectivity index (χ4v) is 3.97. The highest BCUT2D eigenvalue weighted by Gasteiger charge is 2.24. The molecule has 194 valence electrons. The minimum atomic E-state index is -0.757. The zero-order valence-electron chi connectivity index (χ0n) is 21.0. The molecule has 0 bridgehead atoms. The summed E-state index contributed by atoms with van der Waals surface area (Å²) in [5.74, 6) is 1.19. The first-order valence-electron chi connectivity index (χ1n) is 11.4. The van der Waals surface area contributed by atoms with Crippen LogP contribution < -0.4 is 24.6 Å². The lowest BCUT2D eigenvalue weighted by Gasteiger charge is -2.18. The Balaban J connectivity index is 1.90. The molecule has 3 aromatic carbocycles. The van der Waals surface area contributed by atoms with Gasteiger partial charge in [-0.15, -0.1) is 0 Å². The molecule has 0 radical (unpaired) electrons. The van der Waals surface area contributed by atoms with Crippen molar-refractivity contribution in [1.82, 2.24) is 0 Å². The van der Waals surface area contributed by atoms with Crippen molar-refractivity contribution >= 4 is 11.0 Å². The standard InChI is InChI=1S/C28H28O9/c1-31-16-35-15-18-10-21(33-3)22(36-14-17-8-6-5-7-9-17)13-20(18)25-27(29)26-23(34-4)11-19(32-2)12-24(26)37-28(25)30/h5-13,29H,14-16H2,1-4H3. The average Bonchev–Trinajstić information content (AvgIpc) is 2.92. The van der Waals surface area contributed by atoms with Gasteiger partial charge >= 0.3 is 5.63 Å². The molecule has 4 rings (SSSR count). The molecule has 0 amide bonds. The van der Waals surface area contributed by atoms with E-state index in [1.54, 1.807) is 18.2 Å². The van der Waals surface area contributed by atoms with Gasteiger partial charge in [-0.25, -0.2) is 4.79 Å². The highest BCUT2D eigenvalue weighted by molar-refractivity contribution is 5.96. The summed E-state index contributed by atoms with van der Waals surface area (Å²) < 4.78 is 38.5. The first-order valence-corrected chi connectivity index (χ1v) is 11.4. The molecular formula is C28H28O9. The number of benzene rings is 3. The van der Waals surface area contributed by atoms with Crippen LogP contribution in [0.25, 0.3) is 22.1 Å². The van der Waals surface area contributed by atoms with Gasteiger partial charge in [0, 0.05) is 24.8 Å². The Labute approximate surface area is 213 Å². The van der Waals surface area contributed by atoms with Crippen LogP contribution >= 0.6 is 0 Å². The molecule has 0 saturated heterocycles. The molecule has 9 nitrogen and oxygen atoms in total. The van der Waals surface area contributed by atoms with Crippen molar-refractivity contribution in [2.24, 2.45) is 0 Å². The summed E-state index contributed by atoms with van der Waals surface area (Å²) >= 11 is 0. The number of fused-ring (bicyclic) bond motifs is 1. The fraction of sp³-hybridized carbons (Fsp3) is 0.250. The summed E-state index contributed by atoms with van der Waals surface area (Å²) in [6.07, 6.45) is 0. The van der Waals surface area contributed by atoms with E-state index in [9.17, 15) is 9.90 Å².